The number of hydrogen-bond donors (Lipinski definition) is 12. The first-order valence-corrected chi connectivity index (χ1v) is 27.6. The zero-order valence-electron chi connectivity index (χ0n) is 45.4. The number of methoxy groups -OCH3 is 1. The van der Waals surface area contributed by atoms with Crippen molar-refractivity contribution in [3.8, 4) is 0 Å². The van der Waals surface area contributed by atoms with Gasteiger partial charge >= 0.3 is 5.97 Å². The van der Waals surface area contributed by atoms with Gasteiger partial charge in [-0.1, -0.05) is 60.1 Å². The van der Waals surface area contributed by atoms with Crippen molar-refractivity contribution in [2.45, 2.75) is 242 Å². The van der Waals surface area contributed by atoms with Gasteiger partial charge in [-0.15, -0.1) is 0 Å². The third-order valence-electron chi connectivity index (χ3n) is 21.4. The molecule has 22 heteroatoms. The Bertz CT molecular complexity index is 2100. The Kier molecular flexibility index (Phi) is 16.6. The van der Waals surface area contributed by atoms with E-state index in [-0.39, 0.29) is 57.5 Å². The third kappa shape index (κ3) is 9.47. The molecule has 22 nitrogen and oxygen atoms in total. The van der Waals surface area contributed by atoms with Gasteiger partial charge in [-0.25, -0.2) is 4.79 Å². The minimum absolute atomic E-state index is 0.108. The molecule has 8 fully saturated rings. The Morgan fingerprint density at radius 1 is 0.618 bits per heavy atom. The van der Waals surface area contributed by atoms with Gasteiger partial charge in [-0.3, -0.25) is 0 Å². The predicted molar refractivity (Wildman–Crippen MR) is 262 cm³/mol. The second kappa shape index (κ2) is 21.3. The summed E-state index contributed by atoms with van der Waals surface area (Å²) in [5, 5.41) is 131. The summed E-state index contributed by atoms with van der Waals surface area (Å²) in [6.45, 7) is 16.0. The van der Waals surface area contributed by atoms with Crippen molar-refractivity contribution in [1.82, 2.24) is 0 Å². The fraction of sp³-hybridized carbons (Fsp3) is 0.944. The molecule has 9 aliphatic rings. The van der Waals surface area contributed by atoms with E-state index in [2.05, 4.69) is 47.6 Å². The highest BCUT2D eigenvalue weighted by Gasteiger charge is 2.70. The molecule has 29 atom stereocenters. The minimum atomic E-state index is -1.92. The first-order valence-electron chi connectivity index (χ1n) is 27.6. The van der Waals surface area contributed by atoms with Crippen LogP contribution in [0.1, 0.15) is 113 Å². The first-order chi connectivity index (χ1) is 35.5. The first kappa shape index (κ1) is 59.0. The Balaban J connectivity index is 0.973. The van der Waals surface area contributed by atoms with Gasteiger partial charge in [0, 0.05) is 10.8 Å². The van der Waals surface area contributed by atoms with Gasteiger partial charge in [0.1, 0.15) is 79.4 Å². The second-order valence-electron chi connectivity index (χ2n) is 26.1. The molecular weight excluding hydrogens is 1000 g/mol. The summed E-state index contributed by atoms with van der Waals surface area (Å²) in [5.41, 5.74) is -0.816. The molecule has 0 aromatic heterocycles. The van der Waals surface area contributed by atoms with E-state index in [1.165, 1.54) is 12.5 Å². The van der Waals surface area contributed by atoms with Crippen molar-refractivity contribution in [2.75, 3.05) is 26.9 Å². The number of allylic oxidation sites excluding steroid dienone is 2. The smallest absolute Gasteiger partial charge is 0.337 e. The van der Waals surface area contributed by atoms with E-state index >= 15 is 0 Å². The largest absolute Gasteiger partial charge is 0.467 e. The summed E-state index contributed by atoms with van der Waals surface area (Å²) in [4.78, 5) is 13.1. The molecule has 0 bridgehead atoms. The Hall–Kier alpha value is -1.59. The van der Waals surface area contributed by atoms with Crippen LogP contribution in [-0.4, -0.2) is 223 Å². The van der Waals surface area contributed by atoms with Crippen molar-refractivity contribution in [3.63, 3.8) is 0 Å². The van der Waals surface area contributed by atoms with Crippen LogP contribution in [0.2, 0.25) is 0 Å². The van der Waals surface area contributed by atoms with Crippen molar-refractivity contribution in [2.24, 2.45) is 50.2 Å². The highest BCUT2D eigenvalue weighted by atomic mass is 16.8. The number of aliphatic hydroxyl groups is 12. The average Bonchev–Trinajstić information content (AvgIpc) is 3.55. The summed E-state index contributed by atoms with van der Waals surface area (Å²) < 4.78 is 54.3. The second-order valence-corrected chi connectivity index (χ2v) is 26.1. The standard InChI is InChI=1S/C54H88O22/c1-23-32(58)35(61)39(65)45(70-23)75-42-33(59)26(57)21-69-47(42)76-43-38(64)37(63)41(44(67)68-9)74-48(43)72-30-13-14-51(5)28(52(30,6)22-56)12-15-54(8)29(51)11-10-24-25-18-49(2,3)19-31(50(25,4)16-17-53(24,54)7)73-46-40(66)36(62)34(60)27(20-55)71-46/h10,23,25-43,45-48,55-66H,11-22H2,1-9H3/t23-,25+,26-,27-,28+,29+,30-,31+,32-,33+,34-,35+,36+,37+,38+,39-,40-,41+,42-,43-,45+,46+,47+,48-,50-,51-,52-,53+,54+/m0/s1. The molecule has 0 radical (unpaired) electrons. The number of carbonyl (C=O) groups excluding carboxylic acids is 1. The topological polar surface area (TPSA) is 343 Å². The van der Waals surface area contributed by atoms with E-state index in [4.69, 9.17) is 42.6 Å². The summed E-state index contributed by atoms with van der Waals surface area (Å²) >= 11 is 0. The van der Waals surface area contributed by atoms with Gasteiger partial charge in [0.05, 0.1) is 45.2 Å². The van der Waals surface area contributed by atoms with Crippen molar-refractivity contribution < 1.29 is 109 Å². The number of ether oxygens (including phenoxy) is 9. The summed E-state index contributed by atoms with van der Waals surface area (Å²) in [6.07, 6.45) is -22.1. The van der Waals surface area contributed by atoms with Crippen LogP contribution in [0.4, 0.5) is 0 Å². The SMILES string of the molecule is COC(=O)[C@@H]1O[C@H](O[C@H]2CC[C@@]3(C)[C@@H](CC[C@]4(C)[C@@H]3CC=C3[C@H]5CC(C)(C)C[C@@H](O[C@H]6O[C@@H](CO)[C@H](O)[C@@H](O)[C@@H]6O)[C@@]5(C)CC[C@]34C)[C@]2(C)CO)[C@@H](O[C@H]2OC[C@H](O)[C@@H](O)[C@@H]2O[C@H]2O[C@@H](C)[C@H](O)[C@@H](O)[C@@H]2O)[C@H](O)[C@H]1O. The van der Waals surface area contributed by atoms with Crippen LogP contribution in [0.15, 0.2) is 11.6 Å². The van der Waals surface area contributed by atoms with Crippen molar-refractivity contribution >= 4 is 5.97 Å². The van der Waals surface area contributed by atoms with Crippen molar-refractivity contribution in [3.05, 3.63) is 11.6 Å². The molecule has 9 rings (SSSR count). The van der Waals surface area contributed by atoms with E-state index in [0.717, 1.165) is 45.6 Å². The molecule has 4 aliphatic heterocycles. The van der Waals surface area contributed by atoms with Crippen LogP contribution < -0.4 is 0 Å². The van der Waals surface area contributed by atoms with Gasteiger partial charge in [0.25, 0.3) is 0 Å². The fourth-order valence-corrected chi connectivity index (χ4v) is 16.4. The Morgan fingerprint density at radius 3 is 1.91 bits per heavy atom. The summed E-state index contributed by atoms with van der Waals surface area (Å²) in [7, 11) is 1.10. The number of aliphatic hydroxyl groups excluding tert-OH is 12. The van der Waals surface area contributed by atoms with Crippen LogP contribution >= 0.6 is 0 Å². The number of carbonyl (C=O) groups is 1. The molecule has 4 saturated carbocycles. The zero-order chi connectivity index (χ0) is 55.6. The monoisotopic (exact) mass is 1090 g/mol. The molecule has 0 aromatic carbocycles. The highest BCUT2D eigenvalue weighted by molar-refractivity contribution is 5.75. The van der Waals surface area contributed by atoms with Crippen LogP contribution in [-0.2, 0) is 47.4 Å². The molecule has 4 heterocycles. The van der Waals surface area contributed by atoms with Crippen LogP contribution in [0.5, 0.6) is 0 Å². The van der Waals surface area contributed by atoms with E-state index in [9.17, 15) is 66.1 Å². The maximum atomic E-state index is 13.1. The third-order valence-corrected chi connectivity index (χ3v) is 21.4. The lowest BCUT2D eigenvalue weighted by molar-refractivity contribution is -0.387. The molecular formula is C54H88O22. The van der Waals surface area contributed by atoms with Crippen molar-refractivity contribution in [1.29, 1.82) is 0 Å². The van der Waals surface area contributed by atoms with E-state index < -0.39 is 147 Å². The lowest BCUT2D eigenvalue weighted by Crippen LogP contribution is -2.68. The van der Waals surface area contributed by atoms with E-state index in [1.807, 2.05) is 6.92 Å². The van der Waals surface area contributed by atoms with Gasteiger partial charge in [-0.2, -0.15) is 0 Å². The number of rotatable bonds is 11. The van der Waals surface area contributed by atoms with Gasteiger partial charge in [-0.05, 0) is 104 Å². The molecule has 0 unspecified atom stereocenters. The van der Waals surface area contributed by atoms with E-state index in [0.29, 0.717) is 19.3 Å². The Labute approximate surface area is 444 Å². The molecule has 0 amide bonds. The highest BCUT2D eigenvalue weighted by Crippen LogP contribution is 2.76. The lowest BCUT2D eigenvalue weighted by atomic mass is 9.33. The summed E-state index contributed by atoms with van der Waals surface area (Å²) in [5.74, 6) is -0.831. The molecule has 76 heavy (non-hydrogen) atoms. The van der Waals surface area contributed by atoms with Gasteiger partial charge < -0.3 is 104 Å². The lowest BCUT2D eigenvalue weighted by Gasteiger charge is -2.72. The number of hydrogen-bond acceptors (Lipinski definition) is 22. The molecule has 12 N–H and O–H groups in total. The number of fused-ring (bicyclic) bond motifs is 7. The molecule has 436 valence electrons. The van der Waals surface area contributed by atoms with E-state index in [1.54, 1.807) is 0 Å². The molecule has 0 aromatic rings. The zero-order valence-corrected chi connectivity index (χ0v) is 45.4. The molecule has 4 saturated heterocycles. The fourth-order valence-electron chi connectivity index (χ4n) is 16.4. The summed E-state index contributed by atoms with van der Waals surface area (Å²) in [6, 6.07) is 0. The predicted octanol–water partition coefficient (Wildman–Crippen LogP) is -0.744. The molecule has 5 aliphatic carbocycles. The molecule has 0 spiro atoms. The maximum Gasteiger partial charge on any atom is 0.337 e. The van der Waals surface area contributed by atoms with Crippen LogP contribution in [0.3, 0.4) is 0 Å². The van der Waals surface area contributed by atoms with Gasteiger partial charge in [0.15, 0.2) is 31.3 Å². The minimum Gasteiger partial charge on any atom is -0.467 e. The number of esters is 1. The normalized spacial score (nSPS) is 55.2. The Morgan fingerprint density at radius 2 is 1.25 bits per heavy atom. The van der Waals surface area contributed by atoms with Gasteiger partial charge in [0.2, 0.25) is 0 Å². The van der Waals surface area contributed by atoms with Crippen LogP contribution in [0.25, 0.3) is 0 Å². The maximum absolute atomic E-state index is 13.1. The quantitative estimate of drug-likeness (QED) is 0.0688. The average molecular weight is 1090 g/mol. The van der Waals surface area contributed by atoms with Crippen LogP contribution in [0, 0.1) is 50.2 Å².